The molecule has 1 unspecified atom stereocenters. The van der Waals surface area contributed by atoms with E-state index in [2.05, 4.69) is 41.4 Å². The number of hydrogen-bond acceptors (Lipinski definition) is 5. The van der Waals surface area contributed by atoms with Crippen molar-refractivity contribution in [3.63, 3.8) is 0 Å². The van der Waals surface area contributed by atoms with Crippen molar-refractivity contribution in [3.05, 3.63) is 41.2 Å². The molecule has 2 N–H and O–H groups in total. The Hall–Kier alpha value is -0.910. The molecular weight excluding hydrogens is 250 g/mol. The van der Waals surface area contributed by atoms with Crippen LogP contribution in [0.4, 0.5) is 0 Å². The molecule has 2 rings (SSSR count). The van der Waals surface area contributed by atoms with E-state index < -0.39 is 0 Å². The van der Waals surface area contributed by atoms with Crippen LogP contribution < -0.4 is 5.73 Å². The first-order chi connectivity index (χ1) is 8.16. The molecule has 90 valence electrons. The molecule has 1 heterocycles. The molecule has 0 aliphatic heterocycles. The second-order valence-corrected chi connectivity index (χ2v) is 6.03. The van der Waals surface area contributed by atoms with Gasteiger partial charge in [0, 0.05) is 11.8 Å². The third-order valence-corrected chi connectivity index (χ3v) is 4.48. The van der Waals surface area contributed by atoms with Crippen LogP contribution in [-0.2, 0) is 0 Å². The van der Waals surface area contributed by atoms with E-state index in [1.807, 2.05) is 0 Å². The number of rotatable bonds is 4. The lowest BCUT2D eigenvalue weighted by molar-refractivity contribution is 0.821. The van der Waals surface area contributed by atoms with Gasteiger partial charge in [0.05, 0.1) is 0 Å². The maximum Gasteiger partial charge on any atom is 0.169 e. The molecule has 0 fully saturated rings. The molecule has 0 bridgehead atoms. The molecule has 0 radical (unpaired) electrons. The Morgan fingerprint density at radius 1 is 1.41 bits per heavy atom. The first kappa shape index (κ1) is 12.5. The Morgan fingerprint density at radius 2 is 2.24 bits per heavy atom. The van der Waals surface area contributed by atoms with Crippen molar-refractivity contribution >= 4 is 23.3 Å². The highest BCUT2D eigenvalue weighted by atomic mass is 32.2. The lowest BCUT2D eigenvalue weighted by Gasteiger charge is -2.14. The van der Waals surface area contributed by atoms with Gasteiger partial charge in [0.1, 0.15) is 6.33 Å². The molecule has 0 spiro atoms. The Kier molecular flexibility index (Phi) is 4.15. The summed E-state index contributed by atoms with van der Waals surface area (Å²) in [6.07, 6.45) is 1.58. The van der Waals surface area contributed by atoms with Crippen LogP contribution in [-0.4, -0.2) is 15.1 Å². The third kappa shape index (κ3) is 3.28. The van der Waals surface area contributed by atoms with Crippen LogP contribution in [0, 0.1) is 13.8 Å². The summed E-state index contributed by atoms with van der Waals surface area (Å²) < 4.78 is 4.95. The number of benzene rings is 1. The number of nitrogens with zero attached hydrogens (tertiary/aromatic N) is 2. The summed E-state index contributed by atoms with van der Waals surface area (Å²) in [4.78, 5) is 4.14. The third-order valence-electron chi connectivity index (χ3n) is 2.56. The minimum atomic E-state index is 0.0452. The SMILES string of the molecule is Cc1ccc(C)c(C(N)CSc2ncns2)c1. The van der Waals surface area contributed by atoms with Gasteiger partial charge >= 0.3 is 0 Å². The maximum absolute atomic E-state index is 6.22. The maximum atomic E-state index is 6.22. The van der Waals surface area contributed by atoms with Gasteiger partial charge in [-0.25, -0.2) is 4.98 Å². The fourth-order valence-corrected chi connectivity index (χ4v) is 3.08. The first-order valence-corrected chi connectivity index (χ1v) is 7.15. The molecule has 0 saturated heterocycles. The molecule has 0 saturated carbocycles. The van der Waals surface area contributed by atoms with E-state index in [9.17, 15) is 0 Å². The molecule has 0 amide bonds. The summed E-state index contributed by atoms with van der Waals surface area (Å²) in [6, 6.07) is 6.45. The number of aryl methyl sites for hydroxylation is 2. The number of thioether (sulfide) groups is 1. The molecule has 1 atom stereocenters. The van der Waals surface area contributed by atoms with E-state index in [1.165, 1.54) is 28.2 Å². The van der Waals surface area contributed by atoms with Gasteiger partial charge < -0.3 is 5.73 Å². The molecule has 17 heavy (non-hydrogen) atoms. The Balaban J connectivity index is 2.04. The topological polar surface area (TPSA) is 51.8 Å². The van der Waals surface area contributed by atoms with Crippen molar-refractivity contribution in [3.8, 4) is 0 Å². The zero-order chi connectivity index (χ0) is 12.3. The van der Waals surface area contributed by atoms with Crippen LogP contribution in [0.2, 0.25) is 0 Å². The smallest absolute Gasteiger partial charge is 0.169 e. The van der Waals surface area contributed by atoms with E-state index in [0.717, 1.165) is 10.1 Å². The minimum absolute atomic E-state index is 0.0452. The Morgan fingerprint density at radius 3 is 2.94 bits per heavy atom. The van der Waals surface area contributed by atoms with E-state index in [0.29, 0.717) is 0 Å². The van der Waals surface area contributed by atoms with Gasteiger partial charge in [-0.2, -0.15) is 4.37 Å². The van der Waals surface area contributed by atoms with Gasteiger partial charge in [-0.1, -0.05) is 35.5 Å². The summed E-state index contributed by atoms with van der Waals surface area (Å²) in [7, 11) is 0. The molecule has 2 aromatic rings. The van der Waals surface area contributed by atoms with Crippen molar-refractivity contribution in [2.24, 2.45) is 5.73 Å². The molecule has 0 aliphatic carbocycles. The Bertz CT molecular complexity index is 483. The average Bonchev–Trinajstić information content (AvgIpc) is 2.82. The fourth-order valence-electron chi connectivity index (χ4n) is 1.64. The van der Waals surface area contributed by atoms with Crippen LogP contribution in [0.3, 0.4) is 0 Å². The second-order valence-electron chi connectivity index (χ2n) is 3.98. The average molecular weight is 265 g/mol. The molecule has 3 nitrogen and oxygen atoms in total. The minimum Gasteiger partial charge on any atom is -0.323 e. The van der Waals surface area contributed by atoms with Gasteiger partial charge in [-0.3, -0.25) is 0 Å². The number of aromatic nitrogens is 2. The summed E-state index contributed by atoms with van der Waals surface area (Å²) in [6.45, 7) is 4.19. The summed E-state index contributed by atoms with van der Waals surface area (Å²) >= 11 is 3.08. The van der Waals surface area contributed by atoms with Crippen LogP contribution in [0.25, 0.3) is 0 Å². The van der Waals surface area contributed by atoms with E-state index in [-0.39, 0.29) is 6.04 Å². The molecule has 5 heteroatoms. The predicted molar refractivity (Wildman–Crippen MR) is 73.5 cm³/mol. The summed E-state index contributed by atoms with van der Waals surface area (Å²) in [5.74, 6) is 0.833. The first-order valence-electron chi connectivity index (χ1n) is 5.39. The highest BCUT2D eigenvalue weighted by Crippen LogP contribution is 2.25. The van der Waals surface area contributed by atoms with Crippen molar-refractivity contribution in [1.82, 2.24) is 9.36 Å². The monoisotopic (exact) mass is 265 g/mol. The predicted octanol–water partition coefficient (Wildman–Crippen LogP) is 2.95. The van der Waals surface area contributed by atoms with Crippen molar-refractivity contribution in [1.29, 1.82) is 0 Å². The number of nitrogens with two attached hydrogens (primary N) is 1. The molecular formula is C12H15N3S2. The summed E-state index contributed by atoms with van der Waals surface area (Å²) in [5, 5.41) is 0. The van der Waals surface area contributed by atoms with Crippen molar-refractivity contribution in [2.45, 2.75) is 24.2 Å². The van der Waals surface area contributed by atoms with E-state index in [1.54, 1.807) is 18.1 Å². The van der Waals surface area contributed by atoms with Gasteiger partial charge in [-0.05, 0) is 36.5 Å². The summed E-state index contributed by atoms with van der Waals surface area (Å²) in [5.41, 5.74) is 9.94. The molecule has 1 aromatic heterocycles. The zero-order valence-corrected chi connectivity index (χ0v) is 11.5. The van der Waals surface area contributed by atoms with E-state index in [4.69, 9.17) is 5.73 Å². The van der Waals surface area contributed by atoms with Gasteiger partial charge in [-0.15, -0.1) is 0 Å². The highest BCUT2D eigenvalue weighted by molar-refractivity contribution is 8.00. The normalized spacial score (nSPS) is 12.6. The lowest BCUT2D eigenvalue weighted by Crippen LogP contribution is -2.14. The standard InChI is InChI=1S/C12H15N3S2/c1-8-3-4-9(2)10(5-8)11(13)6-16-12-14-7-15-17-12/h3-5,7,11H,6,13H2,1-2H3. The van der Waals surface area contributed by atoms with Crippen LogP contribution in [0.5, 0.6) is 0 Å². The second kappa shape index (κ2) is 5.62. The quantitative estimate of drug-likeness (QED) is 0.864. The van der Waals surface area contributed by atoms with Gasteiger partial charge in [0.25, 0.3) is 0 Å². The number of hydrogen-bond donors (Lipinski definition) is 1. The van der Waals surface area contributed by atoms with E-state index >= 15 is 0 Å². The van der Waals surface area contributed by atoms with Crippen LogP contribution in [0.1, 0.15) is 22.7 Å². The lowest BCUT2D eigenvalue weighted by atomic mass is 10.0. The van der Waals surface area contributed by atoms with Crippen LogP contribution in [0.15, 0.2) is 28.9 Å². The van der Waals surface area contributed by atoms with Gasteiger partial charge in [0.15, 0.2) is 4.34 Å². The zero-order valence-electron chi connectivity index (χ0n) is 9.88. The largest absolute Gasteiger partial charge is 0.323 e. The van der Waals surface area contributed by atoms with Crippen LogP contribution >= 0.6 is 23.3 Å². The molecule has 0 aliphatic rings. The van der Waals surface area contributed by atoms with Gasteiger partial charge in [0.2, 0.25) is 0 Å². The van der Waals surface area contributed by atoms with Crippen molar-refractivity contribution in [2.75, 3.05) is 5.75 Å². The fraction of sp³-hybridized carbons (Fsp3) is 0.333. The molecule has 1 aromatic carbocycles. The highest BCUT2D eigenvalue weighted by Gasteiger charge is 2.10. The van der Waals surface area contributed by atoms with Crippen molar-refractivity contribution < 1.29 is 0 Å². The Labute approximate surface area is 110 Å².